The predicted molar refractivity (Wildman–Crippen MR) is 138 cm³/mol. The van der Waals surface area contributed by atoms with Crippen LogP contribution in [0.15, 0.2) is 0 Å². The van der Waals surface area contributed by atoms with Gasteiger partial charge in [-0.3, -0.25) is 24.0 Å². The molecule has 2 heterocycles. The number of hydrogen-bond acceptors (Lipinski definition) is 14. The molecule has 2 spiro atoms. The van der Waals surface area contributed by atoms with Crippen molar-refractivity contribution < 1.29 is 67.7 Å². The third-order valence-corrected chi connectivity index (χ3v) is 7.18. The molecule has 14 heteroatoms. The highest BCUT2D eigenvalue weighted by Gasteiger charge is 2.72. The molecule has 236 valence electrons. The van der Waals surface area contributed by atoms with E-state index in [4.69, 9.17) is 28.8 Å². The molecule has 41 heavy (non-hydrogen) atoms. The Morgan fingerprint density at radius 1 is 0.707 bits per heavy atom. The standard InChI is InChI=1S/C14H20O7.C8H14O4.C4H6O3.CH4/c1-5-10-6-14(10)12(19-8(3)16)11(18-7(2)15)13(21-14)20-9(4)17;1-2-4-3-8(4)6(10)5(9)7(11)12-8;1-3(5)7-4(2)6;/h10-13H,5-6H2,1-4H3;4-7,9-11H,2-3H2,1H3;1-2H3;1H4/t10-,11+,12?,13?,14+;4-,5+,6?,7?,8+;;/m11../s1. The van der Waals surface area contributed by atoms with Crippen molar-refractivity contribution in [3.63, 3.8) is 0 Å². The third kappa shape index (κ3) is 8.67. The normalized spacial score (nSPS) is 37.3. The Morgan fingerprint density at radius 2 is 1.17 bits per heavy atom. The summed E-state index contributed by atoms with van der Waals surface area (Å²) in [7, 11) is 0. The van der Waals surface area contributed by atoms with Crippen LogP contribution >= 0.6 is 0 Å². The molecule has 0 aromatic rings. The van der Waals surface area contributed by atoms with Gasteiger partial charge in [0, 0.05) is 34.6 Å². The molecule has 2 saturated carbocycles. The number of carbonyl (C=O) groups excluding carboxylic acids is 5. The minimum absolute atomic E-state index is 0. The van der Waals surface area contributed by atoms with Gasteiger partial charge in [-0.2, -0.15) is 0 Å². The maximum atomic E-state index is 11.3. The van der Waals surface area contributed by atoms with Gasteiger partial charge in [0.2, 0.25) is 12.4 Å². The van der Waals surface area contributed by atoms with Crippen molar-refractivity contribution in [3.05, 3.63) is 0 Å². The van der Waals surface area contributed by atoms with Gasteiger partial charge >= 0.3 is 29.8 Å². The molecule has 0 bridgehead atoms. The average molecular weight is 593 g/mol. The molecule has 2 saturated heterocycles. The fraction of sp³-hybridized carbons (Fsp3) is 0.815. The Morgan fingerprint density at radius 3 is 1.49 bits per heavy atom. The van der Waals surface area contributed by atoms with Gasteiger partial charge in [-0.15, -0.1) is 0 Å². The summed E-state index contributed by atoms with van der Waals surface area (Å²) in [6, 6.07) is 0. The minimum Gasteiger partial charge on any atom is -0.455 e. The lowest BCUT2D eigenvalue weighted by Gasteiger charge is -2.23. The van der Waals surface area contributed by atoms with Crippen molar-refractivity contribution in [1.82, 2.24) is 0 Å². The molecule has 14 nitrogen and oxygen atoms in total. The van der Waals surface area contributed by atoms with Crippen LogP contribution in [0.25, 0.3) is 0 Å². The van der Waals surface area contributed by atoms with Crippen LogP contribution in [0.3, 0.4) is 0 Å². The highest BCUT2D eigenvalue weighted by Crippen LogP contribution is 2.58. The molecule has 10 atom stereocenters. The molecular formula is C27H44O14. The highest BCUT2D eigenvalue weighted by molar-refractivity contribution is 5.82. The molecular weight excluding hydrogens is 548 g/mol. The molecule has 4 aliphatic rings. The molecule has 4 rings (SSSR count). The third-order valence-electron chi connectivity index (χ3n) is 7.18. The second-order valence-electron chi connectivity index (χ2n) is 10.3. The van der Waals surface area contributed by atoms with Crippen molar-refractivity contribution in [1.29, 1.82) is 0 Å². The van der Waals surface area contributed by atoms with Crippen LogP contribution in [0.2, 0.25) is 0 Å². The average Bonchev–Trinajstić information content (AvgIpc) is 3.69. The first-order valence-corrected chi connectivity index (χ1v) is 13.1. The van der Waals surface area contributed by atoms with Crippen molar-refractivity contribution in [2.75, 3.05) is 0 Å². The summed E-state index contributed by atoms with van der Waals surface area (Å²) < 4.78 is 30.5. The van der Waals surface area contributed by atoms with Gasteiger partial charge in [0.1, 0.15) is 23.4 Å². The smallest absolute Gasteiger partial charge is 0.310 e. The summed E-state index contributed by atoms with van der Waals surface area (Å²) >= 11 is 0. The minimum atomic E-state index is -1.21. The zero-order valence-corrected chi connectivity index (χ0v) is 23.8. The number of ether oxygens (including phenoxy) is 6. The second-order valence-corrected chi connectivity index (χ2v) is 10.3. The van der Waals surface area contributed by atoms with Gasteiger partial charge in [-0.25, -0.2) is 0 Å². The lowest BCUT2D eigenvalue weighted by molar-refractivity contribution is -0.197. The van der Waals surface area contributed by atoms with Crippen LogP contribution in [0.1, 0.15) is 81.6 Å². The van der Waals surface area contributed by atoms with Gasteiger partial charge in [-0.05, 0) is 24.7 Å². The van der Waals surface area contributed by atoms with E-state index in [0.717, 1.165) is 19.3 Å². The molecule has 0 amide bonds. The van der Waals surface area contributed by atoms with Gasteiger partial charge < -0.3 is 43.7 Å². The molecule has 4 unspecified atom stereocenters. The van der Waals surface area contributed by atoms with E-state index in [1.165, 1.54) is 34.6 Å². The van der Waals surface area contributed by atoms with Crippen LogP contribution in [0, 0.1) is 11.8 Å². The van der Waals surface area contributed by atoms with Crippen molar-refractivity contribution >= 4 is 29.8 Å². The van der Waals surface area contributed by atoms with E-state index in [1.54, 1.807) is 0 Å². The Kier molecular flexibility index (Phi) is 12.9. The quantitative estimate of drug-likeness (QED) is 0.231. The van der Waals surface area contributed by atoms with Crippen LogP contribution in [0.5, 0.6) is 0 Å². The molecule has 4 fully saturated rings. The van der Waals surface area contributed by atoms with E-state index in [1.807, 2.05) is 13.8 Å². The second kappa shape index (κ2) is 14.5. The monoisotopic (exact) mass is 592 g/mol. The highest BCUT2D eigenvalue weighted by atomic mass is 16.8. The van der Waals surface area contributed by atoms with E-state index in [9.17, 15) is 34.2 Å². The predicted octanol–water partition coefficient (Wildman–Crippen LogP) is 0.896. The van der Waals surface area contributed by atoms with E-state index < -0.39 is 78.0 Å². The lowest BCUT2D eigenvalue weighted by atomic mass is 10.1. The topological polar surface area (TPSA) is 201 Å². The molecule has 0 aromatic carbocycles. The van der Waals surface area contributed by atoms with Crippen molar-refractivity contribution in [3.8, 4) is 0 Å². The summed E-state index contributed by atoms with van der Waals surface area (Å²) in [5, 5.41) is 27.9. The fourth-order valence-electron chi connectivity index (χ4n) is 5.32. The zero-order chi connectivity index (χ0) is 30.6. The number of aliphatic hydroxyl groups excluding tert-OH is 3. The molecule has 2 aliphatic carbocycles. The molecule has 2 aliphatic heterocycles. The number of aliphatic hydroxyl groups is 3. The summed E-state index contributed by atoms with van der Waals surface area (Å²) in [4.78, 5) is 53.4. The summed E-state index contributed by atoms with van der Waals surface area (Å²) in [5.41, 5.74) is -1.35. The first kappa shape index (κ1) is 36.4. The van der Waals surface area contributed by atoms with E-state index in [-0.39, 0.29) is 13.3 Å². The number of carbonyl (C=O) groups is 5. The Labute approximate surface area is 239 Å². The van der Waals surface area contributed by atoms with Gasteiger partial charge in [0.05, 0.1) is 0 Å². The Balaban J connectivity index is 0.000000354. The maximum absolute atomic E-state index is 11.3. The maximum Gasteiger partial charge on any atom is 0.310 e. The lowest BCUT2D eigenvalue weighted by Crippen LogP contribution is -2.42. The molecule has 0 radical (unpaired) electrons. The van der Waals surface area contributed by atoms with Crippen molar-refractivity contribution in [2.24, 2.45) is 11.8 Å². The summed E-state index contributed by atoms with van der Waals surface area (Å²) in [6.45, 7) is 10.1. The summed E-state index contributed by atoms with van der Waals surface area (Å²) in [5.74, 6) is -2.25. The van der Waals surface area contributed by atoms with E-state index >= 15 is 0 Å². The van der Waals surface area contributed by atoms with Crippen LogP contribution in [-0.2, 0) is 52.4 Å². The number of hydrogen-bond donors (Lipinski definition) is 3. The van der Waals surface area contributed by atoms with Crippen LogP contribution in [-0.4, -0.2) is 93.4 Å². The number of esters is 5. The van der Waals surface area contributed by atoms with Crippen molar-refractivity contribution in [2.45, 2.75) is 130 Å². The van der Waals surface area contributed by atoms with Gasteiger partial charge in [0.15, 0.2) is 12.4 Å². The fourth-order valence-corrected chi connectivity index (χ4v) is 5.32. The Hall–Kier alpha value is -2.65. The number of rotatable bonds is 5. The van der Waals surface area contributed by atoms with Gasteiger partial charge in [-0.1, -0.05) is 34.1 Å². The Bertz CT molecular complexity index is 956. The molecule has 0 aromatic heterocycles. The SMILES string of the molecule is C.CC(=O)OC(C)=O.CC[C@@H]1C[C@]12OC(O)[C@@H](O)C2O.CC[C@@H]1C[C@]12OC(OC(C)=O)[C@@H](OC(C)=O)C2OC(C)=O. The first-order valence-electron chi connectivity index (χ1n) is 13.1. The van der Waals surface area contributed by atoms with Gasteiger partial charge in [0.25, 0.3) is 0 Å². The first-order chi connectivity index (χ1) is 18.5. The zero-order valence-electron chi connectivity index (χ0n) is 23.8. The van der Waals surface area contributed by atoms with E-state index in [2.05, 4.69) is 4.74 Å². The van der Waals surface area contributed by atoms with Crippen LogP contribution in [0.4, 0.5) is 0 Å². The van der Waals surface area contributed by atoms with Crippen LogP contribution < -0.4 is 0 Å². The molecule has 3 N–H and O–H groups in total. The van der Waals surface area contributed by atoms with E-state index in [0.29, 0.717) is 12.3 Å². The largest absolute Gasteiger partial charge is 0.455 e. The summed E-state index contributed by atoms with van der Waals surface area (Å²) in [6.07, 6.45) is -2.84.